The van der Waals surface area contributed by atoms with Gasteiger partial charge in [-0.15, -0.1) is 0 Å². The number of carboxylic acids is 1. The third kappa shape index (κ3) is 3.09. The molecule has 1 saturated heterocycles. The first-order chi connectivity index (χ1) is 9.51. The molecular formula is C15H17NO4. The molecule has 1 heterocycles. The number of hydrogen-bond donors (Lipinski definition) is 1. The highest BCUT2D eigenvalue weighted by Crippen LogP contribution is 2.26. The molecule has 0 radical (unpaired) electrons. The van der Waals surface area contributed by atoms with E-state index in [1.165, 1.54) is 0 Å². The minimum Gasteiger partial charge on any atom is -0.490 e. The van der Waals surface area contributed by atoms with Gasteiger partial charge in [-0.1, -0.05) is 0 Å². The van der Waals surface area contributed by atoms with Gasteiger partial charge in [-0.05, 0) is 49.9 Å². The van der Waals surface area contributed by atoms with Crippen LogP contribution in [0.1, 0.15) is 29.5 Å². The maximum atomic E-state index is 10.8. The van der Waals surface area contributed by atoms with Gasteiger partial charge in [0.15, 0.2) is 6.10 Å². The molecule has 0 saturated carbocycles. The number of hydrogen-bond acceptors (Lipinski definition) is 4. The zero-order valence-electron chi connectivity index (χ0n) is 11.5. The van der Waals surface area contributed by atoms with Crippen LogP contribution >= 0.6 is 0 Å². The zero-order chi connectivity index (χ0) is 14.7. The molecule has 20 heavy (non-hydrogen) atoms. The van der Waals surface area contributed by atoms with E-state index >= 15 is 0 Å². The second kappa shape index (κ2) is 5.93. The predicted octanol–water partition coefficient (Wildman–Crippen LogP) is 2.19. The van der Waals surface area contributed by atoms with Gasteiger partial charge in [0.25, 0.3) is 0 Å². The number of aryl methyl sites for hydroxylation is 2. The van der Waals surface area contributed by atoms with E-state index < -0.39 is 12.1 Å². The third-order valence-corrected chi connectivity index (χ3v) is 3.39. The van der Waals surface area contributed by atoms with Crippen molar-refractivity contribution in [2.75, 3.05) is 6.61 Å². The fraction of sp³-hybridized carbons (Fsp3) is 0.467. The number of benzene rings is 1. The maximum Gasteiger partial charge on any atom is 0.332 e. The van der Waals surface area contributed by atoms with Crippen LogP contribution in [0.5, 0.6) is 5.75 Å². The van der Waals surface area contributed by atoms with E-state index in [9.17, 15) is 4.79 Å². The average Bonchev–Trinajstić information content (AvgIpc) is 2.86. The SMILES string of the molecule is Cc1cc(C#N)cc(C)c1OCC1CCC(C(=O)O)O1. The second-order valence-electron chi connectivity index (χ2n) is 5.02. The maximum absolute atomic E-state index is 10.8. The summed E-state index contributed by atoms with van der Waals surface area (Å²) >= 11 is 0. The van der Waals surface area contributed by atoms with Crippen molar-refractivity contribution in [2.45, 2.75) is 38.9 Å². The van der Waals surface area contributed by atoms with Crippen molar-refractivity contribution in [1.82, 2.24) is 0 Å². The number of nitrogens with zero attached hydrogens (tertiary/aromatic N) is 1. The van der Waals surface area contributed by atoms with Gasteiger partial charge >= 0.3 is 5.97 Å². The van der Waals surface area contributed by atoms with E-state index in [1.54, 1.807) is 12.1 Å². The van der Waals surface area contributed by atoms with Crippen molar-refractivity contribution in [3.8, 4) is 11.8 Å². The number of carboxylic acid groups (broad SMARTS) is 1. The molecule has 1 N–H and O–H groups in total. The van der Waals surface area contributed by atoms with Crippen molar-refractivity contribution in [2.24, 2.45) is 0 Å². The summed E-state index contributed by atoms with van der Waals surface area (Å²) in [6, 6.07) is 5.66. The van der Waals surface area contributed by atoms with Crippen molar-refractivity contribution >= 4 is 5.97 Å². The smallest absolute Gasteiger partial charge is 0.332 e. The Labute approximate surface area is 117 Å². The van der Waals surface area contributed by atoms with Crippen molar-refractivity contribution in [3.05, 3.63) is 28.8 Å². The van der Waals surface area contributed by atoms with Crippen LogP contribution in [-0.4, -0.2) is 29.9 Å². The quantitative estimate of drug-likeness (QED) is 0.911. The molecule has 5 heteroatoms. The van der Waals surface area contributed by atoms with Crippen molar-refractivity contribution in [1.29, 1.82) is 5.26 Å². The molecular weight excluding hydrogens is 258 g/mol. The summed E-state index contributed by atoms with van der Waals surface area (Å²) in [7, 11) is 0. The number of nitriles is 1. The molecule has 1 aliphatic heterocycles. The van der Waals surface area contributed by atoms with Crippen LogP contribution < -0.4 is 4.74 Å². The summed E-state index contributed by atoms with van der Waals surface area (Å²) in [6.45, 7) is 4.11. The number of ether oxygens (including phenoxy) is 2. The molecule has 2 unspecified atom stereocenters. The Morgan fingerprint density at radius 1 is 1.45 bits per heavy atom. The lowest BCUT2D eigenvalue weighted by molar-refractivity contribution is -0.149. The first kappa shape index (κ1) is 14.4. The summed E-state index contributed by atoms with van der Waals surface area (Å²) in [6.07, 6.45) is 0.303. The van der Waals surface area contributed by atoms with Gasteiger partial charge in [0.05, 0.1) is 17.7 Å². The van der Waals surface area contributed by atoms with Gasteiger partial charge in [-0.3, -0.25) is 0 Å². The Hall–Kier alpha value is -2.06. The third-order valence-electron chi connectivity index (χ3n) is 3.39. The van der Waals surface area contributed by atoms with Crippen molar-refractivity contribution < 1.29 is 19.4 Å². The Morgan fingerprint density at radius 2 is 2.10 bits per heavy atom. The van der Waals surface area contributed by atoms with Gasteiger partial charge in [0.1, 0.15) is 12.4 Å². The van der Waals surface area contributed by atoms with Crippen LogP contribution in [0.25, 0.3) is 0 Å². The lowest BCUT2D eigenvalue weighted by Gasteiger charge is -2.16. The first-order valence-corrected chi connectivity index (χ1v) is 6.53. The van der Waals surface area contributed by atoms with E-state index in [1.807, 2.05) is 13.8 Å². The fourth-order valence-electron chi connectivity index (χ4n) is 2.43. The van der Waals surface area contributed by atoms with Gasteiger partial charge in [-0.25, -0.2) is 4.79 Å². The van der Waals surface area contributed by atoms with Gasteiger partial charge in [0, 0.05) is 0 Å². The van der Waals surface area contributed by atoms with Crippen LogP contribution in [0.15, 0.2) is 12.1 Å². The Balaban J connectivity index is 1.99. The van der Waals surface area contributed by atoms with Crippen molar-refractivity contribution in [3.63, 3.8) is 0 Å². The first-order valence-electron chi connectivity index (χ1n) is 6.53. The average molecular weight is 275 g/mol. The van der Waals surface area contributed by atoms with Gasteiger partial charge in [-0.2, -0.15) is 5.26 Å². The highest BCUT2D eigenvalue weighted by atomic mass is 16.6. The van der Waals surface area contributed by atoms with Crippen LogP contribution in [0.4, 0.5) is 0 Å². The molecule has 1 aromatic carbocycles. The molecule has 0 spiro atoms. The summed E-state index contributed by atoms with van der Waals surface area (Å²) in [5.74, 6) is -0.176. The van der Waals surface area contributed by atoms with E-state index in [0.717, 1.165) is 16.9 Å². The second-order valence-corrected chi connectivity index (χ2v) is 5.02. The summed E-state index contributed by atoms with van der Waals surface area (Å²) in [4.78, 5) is 10.8. The van der Waals surface area contributed by atoms with Crippen LogP contribution in [0.2, 0.25) is 0 Å². The molecule has 1 aliphatic rings. The molecule has 1 fully saturated rings. The molecule has 0 aromatic heterocycles. The minimum absolute atomic E-state index is 0.189. The molecule has 2 rings (SSSR count). The number of carbonyl (C=O) groups is 1. The lowest BCUT2D eigenvalue weighted by atomic mass is 10.1. The van der Waals surface area contributed by atoms with Crippen LogP contribution in [0.3, 0.4) is 0 Å². The Morgan fingerprint density at radius 3 is 2.60 bits per heavy atom. The highest BCUT2D eigenvalue weighted by Gasteiger charge is 2.30. The largest absolute Gasteiger partial charge is 0.490 e. The molecule has 5 nitrogen and oxygen atoms in total. The monoisotopic (exact) mass is 275 g/mol. The highest BCUT2D eigenvalue weighted by molar-refractivity contribution is 5.72. The summed E-state index contributed by atoms with van der Waals surface area (Å²) < 4.78 is 11.1. The molecule has 0 aliphatic carbocycles. The molecule has 0 bridgehead atoms. The molecule has 106 valence electrons. The zero-order valence-corrected chi connectivity index (χ0v) is 11.5. The minimum atomic E-state index is -0.918. The van der Waals surface area contributed by atoms with Crippen LogP contribution in [-0.2, 0) is 9.53 Å². The van der Waals surface area contributed by atoms with E-state index in [-0.39, 0.29) is 6.10 Å². The molecule has 2 atom stereocenters. The van der Waals surface area contributed by atoms with E-state index in [0.29, 0.717) is 25.0 Å². The summed E-state index contributed by atoms with van der Waals surface area (Å²) in [5.41, 5.74) is 2.40. The van der Waals surface area contributed by atoms with E-state index in [2.05, 4.69) is 6.07 Å². The lowest BCUT2D eigenvalue weighted by Crippen LogP contribution is -2.24. The van der Waals surface area contributed by atoms with E-state index in [4.69, 9.17) is 19.8 Å². The normalized spacial score (nSPS) is 21.4. The number of rotatable bonds is 4. The topological polar surface area (TPSA) is 79.5 Å². The van der Waals surface area contributed by atoms with Gasteiger partial charge < -0.3 is 14.6 Å². The number of aliphatic carboxylic acids is 1. The summed E-state index contributed by atoms with van der Waals surface area (Å²) in [5, 5.41) is 17.8. The Kier molecular flexibility index (Phi) is 4.26. The molecule has 1 aromatic rings. The standard InChI is InChI=1S/C15H17NO4/c1-9-5-11(7-16)6-10(2)14(9)19-8-12-3-4-13(20-12)15(17)18/h5-6,12-13H,3-4,8H2,1-2H3,(H,17,18). The van der Waals surface area contributed by atoms with Gasteiger partial charge in [0.2, 0.25) is 0 Å². The molecule has 0 amide bonds. The Bertz CT molecular complexity index is 538. The van der Waals surface area contributed by atoms with Crippen LogP contribution in [0, 0.1) is 25.2 Å². The predicted molar refractivity (Wildman–Crippen MR) is 71.7 cm³/mol. The fourth-order valence-corrected chi connectivity index (χ4v) is 2.43.